The largest absolute Gasteiger partial charge is 0.416 e. The smallest absolute Gasteiger partial charge is 0.394 e. The Morgan fingerprint density at radius 1 is 1.06 bits per heavy atom. The number of aliphatic hydroxyl groups excluding tert-OH is 1. The molecule has 174 valence electrons. The molecule has 0 aliphatic carbocycles. The summed E-state index contributed by atoms with van der Waals surface area (Å²) in [5.41, 5.74) is 0.381. The van der Waals surface area contributed by atoms with Crippen LogP contribution in [-0.2, 0) is 13.2 Å². The molecule has 4 aromatic rings. The molecule has 0 radical (unpaired) electrons. The van der Waals surface area contributed by atoms with Crippen LogP contribution in [0.4, 0.5) is 26.3 Å². The van der Waals surface area contributed by atoms with Crippen molar-refractivity contribution in [3.8, 4) is 5.69 Å². The number of amides is 1. The van der Waals surface area contributed by atoms with Crippen molar-refractivity contribution in [2.75, 3.05) is 6.61 Å². The third-order valence-corrected chi connectivity index (χ3v) is 5.15. The maximum Gasteiger partial charge on any atom is 0.416 e. The predicted octanol–water partition coefficient (Wildman–Crippen LogP) is 4.19. The highest BCUT2D eigenvalue weighted by Gasteiger charge is 2.40. The zero-order chi connectivity index (χ0) is 24.1. The molecule has 0 aliphatic rings. The van der Waals surface area contributed by atoms with Gasteiger partial charge in [0, 0.05) is 35.3 Å². The summed E-state index contributed by atoms with van der Waals surface area (Å²) in [6.45, 7) is -1.31. The van der Waals surface area contributed by atoms with Gasteiger partial charge in [-0.2, -0.15) is 31.4 Å². The summed E-state index contributed by atoms with van der Waals surface area (Å²) in [5, 5.41) is 16.1. The third kappa shape index (κ3) is 4.13. The van der Waals surface area contributed by atoms with Gasteiger partial charge in [-0.3, -0.25) is 14.0 Å². The number of halogens is 6. The number of aromatic nitrogens is 3. The molecule has 0 saturated heterocycles. The lowest BCUT2D eigenvalue weighted by atomic mass is 10.1. The van der Waals surface area contributed by atoms with Crippen LogP contribution >= 0.6 is 0 Å². The second-order valence-corrected chi connectivity index (χ2v) is 7.40. The molecule has 1 amide bonds. The minimum absolute atomic E-state index is 0.0828. The molecule has 6 nitrogen and oxygen atoms in total. The van der Waals surface area contributed by atoms with E-state index in [1.54, 1.807) is 23.1 Å². The van der Waals surface area contributed by atoms with E-state index in [0.717, 1.165) is 12.1 Å². The van der Waals surface area contributed by atoms with Crippen molar-refractivity contribution in [3.63, 3.8) is 0 Å². The number of rotatable bonds is 4. The van der Waals surface area contributed by atoms with Crippen molar-refractivity contribution >= 4 is 27.8 Å². The van der Waals surface area contributed by atoms with E-state index in [9.17, 15) is 31.1 Å². The quantitative estimate of drug-likeness (QED) is 0.440. The monoisotopic (exact) mass is 470 g/mol. The molecule has 0 aliphatic heterocycles. The summed E-state index contributed by atoms with van der Waals surface area (Å²) in [5.74, 6) is -1.03. The van der Waals surface area contributed by atoms with Crippen molar-refractivity contribution in [2.24, 2.45) is 7.05 Å². The van der Waals surface area contributed by atoms with Crippen LogP contribution in [0.5, 0.6) is 0 Å². The second-order valence-electron chi connectivity index (χ2n) is 7.40. The Morgan fingerprint density at radius 2 is 1.73 bits per heavy atom. The molecule has 33 heavy (non-hydrogen) atoms. The van der Waals surface area contributed by atoms with E-state index >= 15 is 0 Å². The van der Waals surface area contributed by atoms with Crippen LogP contribution < -0.4 is 5.32 Å². The third-order valence-electron chi connectivity index (χ3n) is 5.15. The van der Waals surface area contributed by atoms with E-state index in [4.69, 9.17) is 5.11 Å². The molecular formula is C21H16F6N4O2. The van der Waals surface area contributed by atoms with Crippen LogP contribution in [-0.4, -0.2) is 44.2 Å². The van der Waals surface area contributed by atoms with Gasteiger partial charge in [0.05, 0.1) is 17.7 Å². The van der Waals surface area contributed by atoms with Gasteiger partial charge in [-0.25, -0.2) is 0 Å². The molecule has 2 N–H and O–H groups in total. The number of carbonyl (C=O) groups excluding carboxylic acids is 1. The van der Waals surface area contributed by atoms with Crippen LogP contribution in [0.25, 0.3) is 27.6 Å². The lowest BCUT2D eigenvalue weighted by molar-refractivity contribution is -0.161. The summed E-state index contributed by atoms with van der Waals surface area (Å²) in [6, 6.07) is 6.16. The molecular weight excluding hydrogens is 454 g/mol. The summed E-state index contributed by atoms with van der Waals surface area (Å²) in [6.07, 6.45) is -7.69. The Bertz CT molecular complexity index is 1340. The van der Waals surface area contributed by atoms with E-state index in [2.05, 4.69) is 5.10 Å². The topological polar surface area (TPSA) is 72.1 Å². The predicted molar refractivity (Wildman–Crippen MR) is 107 cm³/mol. The van der Waals surface area contributed by atoms with Gasteiger partial charge in [0.2, 0.25) is 0 Å². The van der Waals surface area contributed by atoms with E-state index in [1.165, 1.54) is 35.0 Å². The minimum atomic E-state index is -4.82. The molecule has 1 atom stereocenters. The van der Waals surface area contributed by atoms with Gasteiger partial charge in [-0.05, 0) is 42.5 Å². The van der Waals surface area contributed by atoms with Gasteiger partial charge >= 0.3 is 12.4 Å². The molecule has 2 aromatic heterocycles. The van der Waals surface area contributed by atoms with Crippen LogP contribution in [0.3, 0.4) is 0 Å². The van der Waals surface area contributed by atoms with Crippen molar-refractivity contribution in [1.82, 2.24) is 19.7 Å². The highest BCUT2D eigenvalue weighted by molar-refractivity contribution is 6.10. The maximum absolute atomic E-state index is 12.9. The molecule has 0 spiro atoms. The number of hydrogen-bond acceptors (Lipinski definition) is 3. The van der Waals surface area contributed by atoms with E-state index in [-0.39, 0.29) is 5.56 Å². The minimum Gasteiger partial charge on any atom is -0.394 e. The number of nitrogens with one attached hydrogen (secondary N) is 1. The number of aryl methyl sites for hydroxylation is 1. The molecule has 2 heterocycles. The zero-order valence-corrected chi connectivity index (χ0v) is 16.9. The Kier molecular flexibility index (Phi) is 5.35. The first-order chi connectivity index (χ1) is 15.4. The van der Waals surface area contributed by atoms with Crippen LogP contribution in [0.1, 0.15) is 15.9 Å². The standard InChI is InChI=1S/C21H16F6N4O2/c1-30-9-15-14-8-11(19(33)28-17(10-32)21(25,26)27)2-7-16(14)31(18(15)29-30)13-5-3-12(4-6-13)20(22,23)24/h2-9,17,32H,10H2,1H3,(H,28,33)/t17-/m0/s1. The van der Waals surface area contributed by atoms with E-state index in [0.29, 0.717) is 27.6 Å². The Morgan fingerprint density at radius 3 is 2.30 bits per heavy atom. The number of nitrogens with zero attached hydrogens (tertiary/aromatic N) is 3. The van der Waals surface area contributed by atoms with Gasteiger partial charge in [0.1, 0.15) is 6.04 Å². The Balaban J connectivity index is 1.81. The Hall–Kier alpha value is -3.54. The first kappa shape index (κ1) is 22.6. The molecule has 0 fully saturated rings. The molecule has 0 saturated carbocycles. The van der Waals surface area contributed by atoms with Crippen molar-refractivity contribution in [3.05, 3.63) is 59.8 Å². The summed E-state index contributed by atoms with van der Waals surface area (Å²) < 4.78 is 80.6. The van der Waals surface area contributed by atoms with E-state index < -0.39 is 36.5 Å². The van der Waals surface area contributed by atoms with Crippen molar-refractivity contribution in [1.29, 1.82) is 0 Å². The molecule has 4 rings (SSSR count). The molecule has 0 bridgehead atoms. The maximum atomic E-state index is 12.9. The number of benzene rings is 2. The van der Waals surface area contributed by atoms with Crippen molar-refractivity contribution in [2.45, 2.75) is 18.4 Å². The summed E-state index contributed by atoms with van der Waals surface area (Å²) >= 11 is 0. The lowest BCUT2D eigenvalue weighted by Crippen LogP contribution is -2.47. The van der Waals surface area contributed by atoms with Crippen LogP contribution in [0, 0.1) is 0 Å². The number of aliphatic hydroxyl groups is 1. The van der Waals surface area contributed by atoms with Gasteiger partial charge in [-0.15, -0.1) is 0 Å². The number of carbonyl (C=O) groups is 1. The van der Waals surface area contributed by atoms with Crippen LogP contribution in [0.15, 0.2) is 48.7 Å². The van der Waals surface area contributed by atoms with Gasteiger partial charge in [0.15, 0.2) is 5.65 Å². The fraction of sp³-hybridized carbons (Fsp3) is 0.238. The van der Waals surface area contributed by atoms with Gasteiger partial charge < -0.3 is 10.4 Å². The second kappa shape index (κ2) is 7.80. The fourth-order valence-electron chi connectivity index (χ4n) is 3.57. The SMILES string of the molecule is Cn1cc2c3cc(C(=O)N[C@@H](CO)C(F)(F)F)ccc3n(-c3ccc(C(F)(F)F)cc3)c2n1. The average molecular weight is 470 g/mol. The zero-order valence-electron chi connectivity index (χ0n) is 16.9. The number of hydrogen-bond donors (Lipinski definition) is 2. The highest BCUT2D eigenvalue weighted by Crippen LogP contribution is 2.34. The lowest BCUT2D eigenvalue weighted by Gasteiger charge is -2.19. The summed E-state index contributed by atoms with van der Waals surface area (Å²) in [4.78, 5) is 12.4. The molecule has 12 heteroatoms. The molecule has 0 unspecified atom stereocenters. The normalized spacial score (nSPS) is 13.6. The number of fused-ring (bicyclic) bond motifs is 3. The fourth-order valence-corrected chi connectivity index (χ4v) is 3.57. The summed E-state index contributed by atoms with van der Waals surface area (Å²) in [7, 11) is 1.63. The van der Waals surface area contributed by atoms with Crippen molar-refractivity contribution < 1.29 is 36.2 Å². The first-order valence-corrected chi connectivity index (χ1v) is 9.54. The molecule has 2 aromatic carbocycles. The average Bonchev–Trinajstić information content (AvgIpc) is 3.24. The Labute approximate surface area is 182 Å². The van der Waals surface area contributed by atoms with Gasteiger partial charge in [0.25, 0.3) is 5.91 Å². The number of alkyl halides is 6. The van der Waals surface area contributed by atoms with E-state index in [1.807, 2.05) is 0 Å². The van der Waals surface area contributed by atoms with Gasteiger partial charge in [-0.1, -0.05) is 0 Å². The highest BCUT2D eigenvalue weighted by atomic mass is 19.4. The first-order valence-electron chi connectivity index (χ1n) is 9.54. The van der Waals surface area contributed by atoms with Crippen LogP contribution in [0.2, 0.25) is 0 Å².